The van der Waals surface area contributed by atoms with Crippen LogP contribution in [0.1, 0.15) is 10.4 Å². The maximum Gasteiger partial charge on any atom is 0.257 e. The number of hydrogen-bond donors (Lipinski definition) is 1. The Labute approximate surface area is 128 Å². The zero-order chi connectivity index (χ0) is 13.9. The standard InChI is InChI=1S/C13H11BrN4OS/c14-10-7-16-18(8-10)11-3-1-9(2-4-11)12(19)17-13-15-5-6-20-13/h1-4,7-8H,5-6H2,(H,15,17,19). The molecule has 0 bridgehead atoms. The molecule has 1 aromatic carbocycles. The third kappa shape index (κ3) is 2.94. The van der Waals surface area contributed by atoms with E-state index in [-0.39, 0.29) is 5.91 Å². The summed E-state index contributed by atoms with van der Waals surface area (Å²) < 4.78 is 2.65. The van der Waals surface area contributed by atoms with Crippen LogP contribution in [0.5, 0.6) is 0 Å². The van der Waals surface area contributed by atoms with Crippen LogP contribution in [0, 0.1) is 0 Å². The minimum absolute atomic E-state index is 0.133. The maximum atomic E-state index is 12.0. The molecule has 2 heterocycles. The van der Waals surface area contributed by atoms with Crippen molar-refractivity contribution >= 4 is 38.8 Å². The number of rotatable bonds is 2. The second-order valence-electron chi connectivity index (χ2n) is 4.14. The number of nitrogens with one attached hydrogen (secondary N) is 1. The normalized spacial score (nSPS) is 14.2. The van der Waals surface area contributed by atoms with Gasteiger partial charge in [0.05, 0.1) is 22.9 Å². The van der Waals surface area contributed by atoms with Gasteiger partial charge in [0.2, 0.25) is 0 Å². The number of thioether (sulfide) groups is 1. The summed E-state index contributed by atoms with van der Waals surface area (Å²) >= 11 is 4.92. The van der Waals surface area contributed by atoms with Crippen molar-refractivity contribution in [3.63, 3.8) is 0 Å². The first-order valence-electron chi connectivity index (χ1n) is 6.01. The van der Waals surface area contributed by atoms with Gasteiger partial charge in [0, 0.05) is 17.5 Å². The van der Waals surface area contributed by atoms with E-state index in [9.17, 15) is 4.79 Å². The Kier molecular flexibility index (Phi) is 3.88. The molecule has 0 saturated carbocycles. The van der Waals surface area contributed by atoms with E-state index in [0.29, 0.717) is 10.7 Å². The van der Waals surface area contributed by atoms with Gasteiger partial charge in [-0.2, -0.15) is 5.10 Å². The molecule has 1 aromatic heterocycles. The molecule has 1 aliphatic rings. The largest absolute Gasteiger partial charge is 0.301 e. The van der Waals surface area contributed by atoms with E-state index in [0.717, 1.165) is 22.5 Å². The van der Waals surface area contributed by atoms with Crippen LogP contribution >= 0.6 is 27.7 Å². The molecule has 0 saturated heterocycles. The highest BCUT2D eigenvalue weighted by atomic mass is 79.9. The van der Waals surface area contributed by atoms with E-state index in [4.69, 9.17) is 0 Å². The first-order chi connectivity index (χ1) is 9.72. The topological polar surface area (TPSA) is 59.3 Å². The monoisotopic (exact) mass is 350 g/mol. The first-order valence-corrected chi connectivity index (χ1v) is 7.79. The van der Waals surface area contributed by atoms with Gasteiger partial charge in [0.15, 0.2) is 5.17 Å². The number of carbonyl (C=O) groups is 1. The van der Waals surface area contributed by atoms with Gasteiger partial charge in [-0.25, -0.2) is 4.68 Å². The van der Waals surface area contributed by atoms with Gasteiger partial charge < -0.3 is 5.32 Å². The van der Waals surface area contributed by atoms with Gasteiger partial charge in [-0.15, -0.1) is 0 Å². The Balaban J connectivity index is 1.73. The van der Waals surface area contributed by atoms with Crippen molar-refractivity contribution < 1.29 is 4.79 Å². The summed E-state index contributed by atoms with van der Waals surface area (Å²) in [7, 11) is 0. The van der Waals surface area contributed by atoms with Crippen molar-refractivity contribution in [3.05, 3.63) is 46.7 Å². The molecular weight excluding hydrogens is 340 g/mol. The first kappa shape index (κ1) is 13.4. The summed E-state index contributed by atoms with van der Waals surface area (Å²) in [6, 6.07) is 7.27. The number of benzene rings is 1. The third-order valence-corrected chi connectivity index (χ3v) is 4.05. The van der Waals surface area contributed by atoms with Gasteiger partial charge in [-0.3, -0.25) is 9.79 Å². The van der Waals surface area contributed by atoms with Crippen molar-refractivity contribution in [2.45, 2.75) is 0 Å². The molecule has 0 fully saturated rings. The van der Waals surface area contributed by atoms with Crippen LogP contribution in [0.4, 0.5) is 0 Å². The number of aliphatic imine (C=N–C) groups is 1. The predicted octanol–water partition coefficient (Wildman–Crippen LogP) is 2.47. The van der Waals surface area contributed by atoms with E-state index in [1.54, 1.807) is 34.8 Å². The Hall–Kier alpha value is -1.60. The van der Waals surface area contributed by atoms with Crippen molar-refractivity contribution in [3.8, 4) is 5.69 Å². The molecule has 102 valence electrons. The lowest BCUT2D eigenvalue weighted by molar-refractivity contribution is 0.0978. The predicted molar refractivity (Wildman–Crippen MR) is 83.5 cm³/mol. The van der Waals surface area contributed by atoms with Crippen molar-refractivity contribution in [2.24, 2.45) is 4.99 Å². The number of carbonyl (C=O) groups excluding carboxylic acids is 1. The second kappa shape index (κ2) is 5.80. The summed E-state index contributed by atoms with van der Waals surface area (Å²) in [4.78, 5) is 16.2. The molecule has 0 aliphatic carbocycles. The number of aromatic nitrogens is 2. The van der Waals surface area contributed by atoms with Crippen molar-refractivity contribution in [2.75, 3.05) is 12.3 Å². The molecule has 0 unspecified atom stereocenters. The minimum atomic E-state index is -0.133. The van der Waals surface area contributed by atoms with Crippen LogP contribution in [0.3, 0.4) is 0 Å². The van der Waals surface area contributed by atoms with Gasteiger partial charge in [0.1, 0.15) is 0 Å². The molecule has 0 atom stereocenters. The van der Waals surface area contributed by atoms with Crippen LogP contribution in [-0.2, 0) is 0 Å². The molecule has 7 heteroatoms. The zero-order valence-electron chi connectivity index (χ0n) is 10.4. The summed E-state index contributed by atoms with van der Waals surface area (Å²) in [6.45, 7) is 0.771. The number of hydrogen-bond acceptors (Lipinski definition) is 4. The average Bonchev–Trinajstić information content (AvgIpc) is 3.10. The second-order valence-corrected chi connectivity index (χ2v) is 6.14. The summed E-state index contributed by atoms with van der Waals surface area (Å²) in [6.07, 6.45) is 3.58. The van der Waals surface area contributed by atoms with E-state index in [1.807, 2.05) is 18.3 Å². The Bertz CT molecular complexity index is 665. The molecule has 2 aromatic rings. The fourth-order valence-electron chi connectivity index (χ4n) is 1.79. The van der Waals surface area contributed by atoms with Gasteiger partial charge >= 0.3 is 0 Å². The highest BCUT2D eigenvalue weighted by molar-refractivity contribution is 9.10. The quantitative estimate of drug-likeness (QED) is 0.904. The van der Waals surface area contributed by atoms with Gasteiger partial charge in [-0.05, 0) is 40.2 Å². The Morgan fingerprint density at radius 1 is 1.35 bits per heavy atom. The Morgan fingerprint density at radius 3 is 2.75 bits per heavy atom. The highest BCUT2D eigenvalue weighted by Crippen LogP contribution is 2.14. The third-order valence-electron chi connectivity index (χ3n) is 2.75. The number of amidine groups is 1. The molecule has 1 N–H and O–H groups in total. The van der Waals surface area contributed by atoms with E-state index >= 15 is 0 Å². The molecule has 1 aliphatic heterocycles. The molecule has 1 amide bonds. The average molecular weight is 351 g/mol. The van der Waals surface area contributed by atoms with E-state index in [2.05, 4.69) is 31.3 Å². The minimum Gasteiger partial charge on any atom is -0.301 e. The lowest BCUT2D eigenvalue weighted by atomic mass is 10.2. The van der Waals surface area contributed by atoms with Gasteiger partial charge in [0.25, 0.3) is 5.91 Å². The molecule has 0 radical (unpaired) electrons. The summed E-state index contributed by atoms with van der Waals surface area (Å²) in [5, 5.41) is 7.70. The van der Waals surface area contributed by atoms with E-state index in [1.165, 1.54) is 0 Å². The van der Waals surface area contributed by atoms with Crippen LogP contribution in [-0.4, -0.2) is 33.2 Å². The lowest BCUT2D eigenvalue weighted by Crippen LogP contribution is -2.27. The lowest BCUT2D eigenvalue weighted by Gasteiger charge is -2.05. The molecule has 0 spiro atoms. The molecule has 20 heavy (non-hydrogen) atoms. The van der Waals surface area contributed by atoms with Crippen LogP contribution < -0.4 is 5.32 Å². The number of halogens is 1. The van der Waals surface area contributed by atoms with E-state index < -0.39 is 0 Å². The summed E-state index contributed by atoms with van der Waals surface area (Å²) in [5.41, 5.74) is 1.51. The van der Waals surface area contributed by atoms with Crippen LogP contribution in [0.25, 0.3) is 5.69 Å². The zero-order valence-corrected chi connectivity index (χ0v) is 12.8. The molecular formula is C13H11BrN4OS. The van der Waals surface area contributed by atoms with Crippen LogP contribution in [0.15, 0.2) is 46.1 Å². The summed E-state index contributed by atoms with van der Waals surface area (Å²) in [5.74, 6) is 0.800. The smallest absolute Gasteiger partial charge is 0.257 e. The maximum absolute atomic E-state index is 12.0. The fraction of sp³-hybridized carbons (Fsp3) is 0.154. The molecule has 5 nitrogen and oxygen atoms in total. The van der Waals surface area contributed by atoms with Crippen LogP contribution in [0.2, 0.25) is 0 Å². The molecule has 3 rings (SSSR count). The van der Waals surface area contributed by atoms with Crippen molar-refractivity contribution in [1.82, 2.24) is 15.1 Å². The van der Waals surface area contributed by atoms with Gasteiger partial charge in [-0.1, -0.05) is 11.8 Å². The SMILES string of the molecule is O=C(NC1=NCCS1)c1ccc(-n2cc(Br)cn2)cc1. The number of nitrogens with zero attached hydrogens (tertiary/aromatic N) is 3. The fourth-order valence-corrected chi connectivity index (χ4v) is 2.80. The Morgan fingerprint density at radius 2 is 2.15 bits per heavy atom. The van der Waals surface area contributed by atoms with Crippen molar-refractivity contribution in [1.29, 1.82) is 0 Å². The number of amides is 1. The highest BCUT2D eigenvalue weighted by Gasteiger charge is 2.12.